The maximum absolute atomic E-state index is 12.4. The van der Waals surface area contributed by atoms with Gasteiger partial charge >= 0.3 is 4.87 Å². The summed E-state index contributed by atoms with van der Waals surface area (Å²) in [4.78, 5) is 28.6. The lowest BCUT2D eigenvalue weighted by molar-refractivity contribution is -0.133. The Bertz CT molecular complexity index is 596. The Morgan fingerprint density at radius 3 is 2.50 bits per heavy atom. The number of nitrogens with zero attached hydrogens (tertiary/aromatic N) is 3. The van der Waals surface area contributed by atoms with E-state index >= 15 is 0 Å². The maximum Gasteiger partial charge on any atom is 0.307 e. The largest absolute Gasteiger partial charge is 0.340 e. The Morgan fingerprint density at radius 2 is 1.88 bits per heavy atom. The van der Waals surface area contributed by atoms with Gasteiger partial charge in [0, 0.05) is 56.8 Å². The number of thiazole rings is 1. The Morgan fingerprint density at radius 1 is 1.17 bits per heavy atom. The minimum atomic E-state index is 0.133. The fourth-order valence-electron chi connectivity index (χ4n) is 3.92. The quantitative estimate of drug-likeness (QED) is 0.790. The smallest absolute Gasteiger partial charge is 0.307 e. The molecule has 134 valence electrons. The highest BCUT2D eigenvalue weighted by atomic mass is 32.1. The van der Waals surface area contributed by atoms with Crippen molar-refractivity contribution in [2.75, 3.05) is 32.7 Å². The van der Waals surface area contributed by atoms with Crippen molar-refractivity contribution in [3.63, 3.8) is 0 Å². The van der Waals surface area contributed by atoms with Crippen molar-refractivity contribution in [3.05, 3.63) is 20.7 Å². The topological polar surface area (TPSA) is 45.6 Å². The Labute approximate surface area is 148 Å². The minimum absolute atomic E-state index is 0.133. The summed E-state index contributed by atoms with van der Waals surface area (Å²) in [5.41, 5.74) is 1.05. The van der Waals surface area contributed by atoms with Gasteiger partial charge in [0.1, 0.15) is 0 Å². The lowest BCUT2D eigenvalue weighted by Gasteiger charge is -2.35. The van der Waals surface area contributed by atoms with Crippen molar-refractivity contribution in [3.8, 4) is 0 Å². The molecule has 1 aromatic rings. The molecule has 0 aromatic carbocycles. The van der Waals surface area contributed by atoms with Crippen LogP contribution in [0.1, 0.15) is 44.2 Å². The molecular formula is C18H29N3O2S. The van der Waals surface area contributed by atoms with Crippen molar-refractivity contribution in [1.29, 1.82) is 0 Å². The molecule has 2 aliphatic rings. The van der Waals surface area contributed by atoms with Gasteiger partial charge in [0.05, 0.1) is 0 Å². The summed E-state index contributed by atoms with van der Waals surface area (Å²) < 4.78 is 1.85. The van der Waals surface area contributed by atoms with Crippen LogP contribution in [-0.4, -0.2) is 53.0 Å². The second-order valence-electron chi connectivity index (χ2n) is 7.21. The van der Waals surface area contributed by atoms with E-state index in [2.05, 4.69) is 4.90 Å². The van der Waals surface area contributed by atoms with Crippen LogP contribution in [0, 0.1) is 12.8 Å². The van der Waals surface area contributed by atoms with Crippen molar-refractivity contribution in [1.82, 2.24) is 14.4 Å². The van der Waals surface area contributed by atoms with E-state index in [4.69, 9.17) is 0 Å². The van der Waals surface area contributed by atoms with Crippen molar-refractivity contribution in [2.45, 2.75) is 52.0 Å². The van der Waals surface area contributed by atoms with Crippen LogP contribution in [0.3, 0.4) is 0 Å². The molecule has 0 N–H and O–H groups in total. The van der Waals surface area contributed by atoms with Gasteiger partial charge in [0.25, 0.3) is 0 Å². The molecule has 2 heterocycles. The molecule has 1 aliphatic carbocycles. The van der Waals surface area contributed by atoms with E-state index in [0.717, 1.165) is 63.7 Å². The van der Waals surface area contributed by atoms with Crippen LogP contribution in [-0.2, 0) is 11.3 Å². The average molecular weight is 352 g/mol. The molecule has 1 aliphatic heterocycles. The van der Waals surface area contributed by atoms with Gasteiger partial charge in [0.15, 0.2) is 0 Å². The van der Waals surface area contributed by atoms with E-state index in [1.165, 1.54) is 37.0 Å². The Kier molecular flexibility index (Phi) is 6.11. The first-order valence-electron chi connectivity index (χ1n) is 9.28. The van der Waals surface area contributed by atoms with Crippen LogP contribution in [0.5, 0.6) is 0 Å². The van der Waals surface area contributed by atoms with Crippen molar-refractivity contribution in [2.24, 2.45) is 5.92 Å². The van der Waals surface area contributed by atoms with Crippen LogP contribution in [0.25, 0.3) is 0 Å². The summed E-state index contributed by atoms with van der Waals surface area (Å²) in [7, 11) is 0. The van der Waals surface area contributed by atoms with E-state index < -0.39 is 0 Å². The first-order chi connectivity index (χ1) is 11.6. The van der Waals surface area contributed by atoms with Gasteiger partial charge in [-0.15, -0.1) is 0 Å². The number of hydrogen-bond donors (Lipinski definition) is 0. The number of aromatic nitrogens is 1. The lowest BCUT2D eigenvalue weighted by Crippen LogP contribution is -2.49. The molecule has 6 heteroatoms. The van der Waals surface area contributed by atoms with Gasteiger partial charge in [-0.25, -0.2) is 0 Å². The molecule has 24 heavy (non-hydrogen) atoms. The number of hydrogen-bond acceptors (Lipinski definition) is 4. The minimum Gasteiger partial charge on any atom is -0.340 e. The lowest BCUT2D eigenvalue weighted by atomic mass is 10.0. The molecule has 1 amide bonds. The van der Waals surface area contributed by atoms with Crippen LogP contribution < -0.4 is 4.87 Å². The summed E-state index contributed by atoms with van der Waals surface area (Å²) in [5.74, 6) is 1.13. The molecule has 3 rings (SSSR count). The van der Waals surface area contributed by atoms with E-state index in [9.17, 15) is 9.59 Å². The second kappa shape index (κ2) is 8.30. The SMILES string of the molecule is Cc1csc(=O)n1CCN1CCN(C(=O)CCC2CCCC2)CC1. The molecule has 0 unspecified atom stereocenters. The number of carbonyl (C=O) groups is 1. The predicted octanol–water partition coefficient (Wildman–Crippen LogP) is 2.33. The molecule has 0 atom stereocenters. The number of rotatable bonds is 6. The molecule has 0 radical (unpaired) electrons. The summed E-state index contributed by atoms with van der Waals surface area (Å²) in [5, 5.41) is 1.92. The third kappa shape index (κ3) is 4.48. The van der Waals surface area contributed by atoms with E-state index in [1.807, 2.05) is 21.8 Å². The van der Waals surface area contributed by atoms with Gasteiger partial charge in [0.2, 0.25) is 5.91 Å². The molecule has 1 aromatic heterocycles. The van der Waals surface area contributed by atoms with Crippen molar-refractivity contribution >= 4 is 17.2 Å². The second-order valence-corrected chi connectivity index (χ2v) is 8.03. The normalized spacial score (nSPS) is 20.0. The van der Waals surface area contributed by atoms with Gasteiger partial charge in [-0.3, -0.25) is 14.5 Å². The fraction of sp³-hybridized carbons (Fsp3) is 0.778. The first-order valence-corrected chi connectivity index (χ1v) is 10.2. The van der Waals surface area contributed by atoms with Gasteiger partial charge in [-0.2, -0.15) is 0 Å². The molecule has 0 bridgehead atoms. The molecule has 1 saturated heterocycles. The Balaban J connectivity index is 1.37. The van der Waals surface area contributed by atoms with Crippen LogP contribution in [0.2, 0.25) is 0 Å². The zero-order valence-electron chi connectivity index (χ0n) is 14.7. The molecule has 2 fully saturated rings. The Hall–Kier alpha value is -1.14. The standard InChI is InChI=1S/C18H29N3O2S/c1-15-14-24-18(23)21(15)13-10-19-8-11-20(12-9-19)17(22)7-6-16-4-2-3-5-16/h14,16H,2-13H2,1H3. The van der Waals surface area contributed by atoms with E-state index in [-0.39, 0.29) is 4.87 Å². The van der Waals surface area contributed by atoms with Gasteiger partial charge in [-0.05, 0) is 19.3 Å². The van der Waals surface area contributed by atoms with Gasteiger partial charge in [-0.1, -0.05) is 37.0 Å². The fourth-order valence-corrected chi connectivity index (χ4v) is 4.68. The van der Waals surface area contributed by atoms with Crippen LogP contribution in [0.15, 0.2) is 10.2 Å². The monoisotopic (exact) mass is 351 g/mol. The summed E-state index contributed by atoms with van der Waals surface area (Å²) in [6.07, 6.45) is 7.16. The summed E-state index contributed by atoms with van der Waals surface area (Å²) in [6.45, 7) is 7.15. The van der Waals surface area contributed by atoms with Crippen LogP contribution in [0.4, 0.5) is 0 Å². The van der Waals surface area contributed by atoms with E-state index in [1.54, 1.807) is 0 Å². The summed E-state index contributed by atoms with van der Waals surface area (Å²) in [6, 6.07) is 0. The molecular weight excluding hydrogens is 322 g/mol. The molecule has 5 nitrogen and oxygen atoms in total. The van der Waals surface area contributed by atoms with Crippen molar-refractivity contribution < 1.29 is 4.79 Å². The van der Waals surface area contributed by atoms with Crippen LogP contribution >= 0.6 is 11.3 Å². The number of carbonyl (C=O) groups excluding carboxylic acids is 1. The highest BCUT2D eigenvalue weighted by Gasteiger charge is 2.22. The first kappa shape index (κ1) is 17.7. The third-order valence-electron chi connectivity index (χ3n) is 5.58. The molecule has 1 saturated carbocycles. The highest BCUT2D eigenvalue weighted by Crippen LogP contribution is 2.28. The number of piperazine rings is 1. The summed E-state index contributed by atoms with van der Waals surface area (Å²) >= 11 is 1.27. The van der Waals surface area contributed by atoms with Gasteiger partial charge < -0.3 is 9.47 Å². The predicted molar refractivity (Wildman–Crippen MR) is 97.5 cm³/mol. The number of aryl methyl sites for hydroxylation is 1. The zero-order chi connectivity index (χ0) is 16.9. The highest BCUT2D eigenvalue weighted by molar-refractivity contribution is 7.07. The maximum atomic E-state index is 12.4. The number of amides is 1. The van der Waals surface area contributed by atoms with E-state index in [0.29, 0.717) is 5.91 Å². The third-order valence-corrected chi connectivity index (χ3v) is 6.46. The zero-order valence-corrected chi connectivity index (χ0v) is 15.5. The molecule has 0 spiro atoms. The average Bonchev–Trinajstić information content (AvgIpc) is 3.22.